The highest BCUT2D eigenvalue weighted by Crippen LogP contribution is 2.21. The lowest BCUT2D eigenvalue weighted by Crippen LogP contribution is -2.28. The molecule has 0 bridgehead atoms. The first-order valence-electron chi connectivity index (χ1n) is 8.11. The van der Waals surface area contributed by atoms with Crippen molar-refractivity contribution in [2.24, 2.45) is 0 Å². The molecule has 0 aromatic heterocycles. The number of hydrogen-bond acceptors (Lipinski definition) is 4. The van der Waals surface area contributed by atoms with Crippen molar-refractivity contribution < 1.29 is 22.3 Å². The zero-order valence-corrected chi connectivity index (χ0v) is 15.4. The third-order valence-electron chi connectivity index (χ3n) is 3.55. The van der Waals surface area contributed by atoms with Crippen molar-refractivity contribution in [3.63, 3.8) is 0 Å². The summed E-state index contributed by atoms with van der Waals surface area (Å²) in [5, 5.41) is 2.57. The van der Waals surface area contributed by atoms with Gasteiger partial charge in [0.15, 0.2) is 0 Å². The molecule has 0 saturated carbocycles. The molecule has 0 heterocycles. The largest absolute Gasteiger partial charge is 0.491 e. The molecule has 2 N–H and O–H groups in total. The normalized spacial score (nSPS) is 11.2. The predicted octanol–water partition coefficient (Wildman–Crippen LogP) is 2.24. The summed E-state index contributed by atoms with van der Waals surface area (Å²) in [5.74, 6) is -0.588. The van der Waals surface area contributed by atoms with Gasteiger partial charge < -0.3 is 10.1 Å². The number of amides is 1. The quantitative estimate of drug-likeness (QED) is 0.688. The number of carbonyl (C=O) groups is 1. The first-order chi connectivity index (χ1) is 12.3. The molecule has 6 nitrogen and oxygen atoms in total. The average Bonchev–Trinajstić information content (AvgIpc) is 2.60. The Morgan fingerprint density at radius 2 is 1.92 bits per heavy atom. The van der Waals surface area contributed by atoms with Gasteiger partial charge in [-0.15, -0.1) is 0 Å². The van der Waals surface area contributed by atoms with Gasteiger partial charge in [0.05, 0.1) is 17.0 Å². The van der Waals surface area contributed by atoms with Crippen molar-refractivity contribution in [2.45, 2.75) is 18.7 Å². The van der Waals surface area contributed by atoms with Gasteiger partial charge in [-0.3, -0.25) is 4.79 Å². The SMILES string of the molecule is CCNS(=O)(=O)c1ccc(OCCNC(=O)c2ccccc2F)c(C)c1. The Kier molecular flexibility index (Phi) is 6.70. The van der Waals surface area contributed by atoms with Crippen molar-refractivity contribution in [1.29, 1.82) is 0 Å². The topological polar surface area (TPSA) is 84.5 Å². The number of nitrogens with one attached hydrogen (secondary N) is 2. The predicted molar refractivity (Wildman–Crippen MR) is 96.3 cm³/mol. The molecule has 0 aliphatic rings. The molecule has 0 aliphatic carbocycles. The fourth-order valence-electron chi connectivity index (χ4n) is 2.29. The van der Waals surface area contributed by atoms with Crippen molar-refractivity contribution in [3.05, 3.63) is 59.4 Å². The van der Waals surface area contributed by atoms with Gasteiger partial charge in [0.25, 0.3) is 5.91 Å². The molecule has 2 aromatic rings. The lowest BCUT2D eigenvalue weighted by molar-refractivity contribution is 0.0943. The highest BCUT2D eigenvalue weighted by molar-refractivity contribution is 7.89. The lowest BCUT2D eigenvalue weighted by atomic mass is 10.2. The third kappa shape index (κ3) is 5.03. The van der Waals surface area contributed by atoms with Crippen LogP contribution in [-0.2, 0) is 10.0 Å². The second kappa shape index (κ2) is 8.77. The van der Waals surface area contributed by atoms with E-state index in [0.717, 1.165) is 0 Å². The van der Waals surface area contributed by atoms with E-state index < -0.39 is 21.7 Å². The van der Waals surface area contributed by atoms with Crippen LogP contribution in [-0.4, -0.2) is 34.0 Å². The van der Waals surface area contributed by atoms with Crippen LogP contribution >= 0.6 is 0 Å². The second-order valence-corrected chi connectivity index (χ2v) is 7.28. The lowest BCUT2D eigenvalue weighted by Gasteiger charge is -2.12. The molecule has 140 valence electrons. The van der Waals surface area contributed by atoms with E-state index >= 15 is 0 Å². The number of halogens is 1. The minimum Gasteiger partial charge on any atom is -0.491 e. The molecule has 0 aliphatic heterocycles. The number of hydrogen-bond donors (Lipinski definition) is 2. The highest BCUT2D eigenvalue weighted by Gasteiger charge is 2.14. The Balaban J connectivity index is 1.90. The maximum Gasteiger partial charge on any atom is 0.254 e. The van der Waals surface area contributed by atoms with Crippen LogP contribution in [0, 0.1) is 12.7 Å². The summed E-state index contributed by atoms with van der Waals surface area (Å²) >= 11 is 0. The minimum absolute atomic E-state index is 0.0262. The van der Waals surface area contributed by atoms with Crippen molar-refractivity contribution in [2.75, 3.05) is 19.7 Å². The van der Waals surface area contributed by atoms with E-state index in [1.807, 2.05) is 0 Å². The average molecular weight is 380 g/mol. The molecular weight excluding hydrogens is 359 g/mol. The van der Waals surface area contributed by atoms with E-state index in [4.69, 9.17) is 4.74 Å². The fourth-order valence-corrected chi connectivity index (χ4v) is 3.42. The van der Waals surface area contributed by atoms with Crippen LogP contribution in [0.3, 0.4) is 0 Å². The summed E-state index contributed by atoms with van der Waals surface area (Å²) in [5.41, 5.74) is 0.631. The summed E-state index contributed by atoms with van der Waals surface area (Å²) < 4.78 is 45.4. The van der Waals surface area contributed by atoms with Crippen LogP contribution in [0.15, 0.2) is 47.4 Å². The van der Waals surface area contributed by atoms with Crippen molar-refractivity contribution in [1.82, 2.24) is 10.0 Å². The Morgan fingerprint density at radius 1 is 1.19 bits per heavy atom. The van der Waals surface area contributed by atoms with E-state index in [0.29, 0.717) is 17.9 Å². The number of rotatable bonds is 8. The number of aryl methyl sites for hydroxylation is 1. The molecule has 0 atom stereocenters. The second-order valence-electron chi connectivity index (χ2n) is 5.51. The Hall–Kier alpha value is -2.45. The molecule has 2 aromatic carbocycles. The molecule has 2 rings (SSSR count). The van der Waals surface area contributed by atoms with Crippen LogP contribution in [0.2, 0.25) is 0 Å². The third-order valence-corrected chi connectivity index (χ3v) is 5.10. The first kappa shape index (κ1) is 19.9. The zero-order valence-electron chi connectivity index (χ0n) is 14.6. The van der Waals surface area contributed by atoms with E-state index in [9.17, 15) is 17.6 Å². The zero-order chi connectivity index (χ0) is 19.2. The number of ether oxygens (including phenoxy) is 1. The minimum atomic E-state index is -3.52. The van der Waals surface area contributed by atoms with Crippen LogP contribution in [0.1, 0.15) is 22.8 Å². The van der Waals surface area contributed by atoms with Gasteiger partial charge in [-0.2, -0.15) is 0 Å². The van der Waals surface area contributed by atoms with Gasteiger partial charge in [-0.1, -0.05) is 19.1 Å². The van der Waals surface area contributed by atoms with Gasteiger partial charge in [0, 0.05) is 6.54 Å². The van der Waals surface area contributed by atoms with E-state index in [1.54, 1.807) is 26.0 Å². The number of sulfonamides is 1. The smallest absolute Gasteiger partial charge is 0.254 e. The van der Waals surface area contributed by atoms with Gasteiger partial charge in [-0.25, -0.2) is 17.5 Å². The van der Waals surface area contributed by atoms with Crippen LogP contribution in [0.4, 0.5) is 4.39 Å². The molecule has 0 saturated heterocycles. The molecule has 1 amide bonds. The van der Waals surface area contributed by atoms with Crippen molar-refractivity contribution >= 4 is 15.9 Å². The standard InChI is InChI=1S/C18H21FN2O4S/c1-3-21-26(23,24)14-8-9-17(13(2)12-14)25-11-10-20-18(22)15-6-4-5-7-16(15)19/h4-9,12,21H,3,10-11H2,1-2H3,(H,20,22). The Bertz CT molecular complexity index is 885. The highest BCUT2D eigenvalue weighted by atomic mass is 32.2. The summed E-state index contributed by atoms with van der Waals surface area (Å²) in [4.78, 5) is 12.0. The first-order valence-corrected chi connectivity index (χ1v) is 9.59. The molecule has 26 heavy (non-hydrogen) atoms. The van der Waals surface area contributed by atoms with Crippen LogP contribution < -0.4 is 14.8 Å². The Labute approximate surface area is 152 Å². The number of carbonyl (C=O) groups excluding carboxylic acids is 1. The van der Waals surface area contributed by atoms with Gasteiger partial charge in [-0.05, 0) is 42.8 Å². The monoisotopic (exact) mass is 380 g/mol. The van der Waals surface area contributed by atoms with E-state index in [1.165, 1.54) is 30.3 Å². The van der Waals surface area contributed by atoms with Crippen LogP contribution in [0.25, 0.3) is 0 Å². The van der Waals surface area contributed by atoms with Crippen molar-refractivity contribution in [3.8, 4) is 5.75 Å². The van der Waals surface area contributed by atoms with Gasteiger partial charge in [0.2, 0.25) is 10.0 Å². The Morgan fingerprint density at radius 3 is 2.58 bits per heavy atom. The molecule has 0 radical (unpaired) electrons. The maximum atomic E-state index is 13.5. The molecule has 0 spiro atoms. The maximum absolute atomic E-state index is 13.5. The van der Waals surface area contributed by atoms with E-state index in [-0.39, 0.29) is 23.6 Å². The summed E-state index contributed by atoms with van der Waals surface area (Å²) in [6, 6.07) is 10.3. The summed E-state index contributed by atoms with van der Waals surface area (Å²) in [6.07, 6.45) is 0. The summed E-state index contributed by atoms with van der Waals surface area (Å²) in [6.45, 7) is 4.10. The molecule has 0 unspecified atom stereocenters. The van der Waals surface area contributed by atoms with E-state index in [2.05, 4.69) is 10.0 Å². The van der Waals surface area contributed by atoms with Gasteiger partial charge >= 0.3 is 0 Å². The van der Waals surface area contributed by atoms with Gasteiger partial charge in [0.1, 0.15) is 18.2 Å². The number of benzene rings is 2. The molecular formula is C18H21FN2O4S. The summed E-state index contributed by atoms with van der Waals surface area (Å²) in [7, 11) is -3.52. The molecule has 0 fully saturated rings. The molecule has 8 heteroatoms. The fraction of sp³-hybridized carbons (Fsp3) is 0.278. The van der Waals surface area contributed by atoms with Crippen LogP contribution in [0.5, 0.6) is 5.75 Å².